The van der Waals surface area contributed by atoms with Gasteiger partial charge in [0.1, 0.15) is 11.9 Å². The molecule has 0 saturated carbocycles. The molecule has 0 fully saturated rings. The van der Waals surface area contributed by atoms with Crippen LogP contribution in [0.1, 0.15) is 37.5 Å². The van der Waals surface area contributed by atoms with Gasteiger partial charge in [-0.05, 0) is 42.0 Å². The highest BCUT2D eigenvalue weighted by Crippen LogP contribution is 2.33. The van der Waals surface area contributed by atoms with E-state index in [1.807, 2.05) is 18.2 Å². The third kappa shape index (κ3) is 4.43. The maximum atomic E-state index is 10.4. The number of rotatable bonds is 7. The molecule has 0 spiro atoms. The van der Waals surface area contributed by atoms with E-state index in [0.717, 1.165) is 36.3 Å². The monoisotopic (exact) mass is 294 g/mol. The summed E-state index contributed by atoms with van der Waals surface area (Å²) in [6.45, 7) is 6.10. The first-order chi connectivity index (χ1) is 10.1. The zero-order valence-electron chi connectivity index (χ0n) is 13.2. The van der Waals surface area contributed by atoms with Crippen LogP contribution in [0.2, 0.25) is 0 Å². The Morgan fingerprint density at radius 2 is 2.10 bits per heavy atom. The lowest BCUT2D eigenvalue weighted by Crippen LogP contribution is -2.29. The highest BCUT2D eigenvalue weighted by atomic mass is 16.5. The summed E-state index contributed by atoms with van der Waals surface area (Å²) >= 11 is 0. The smallest absolute Gasteiger partial charge is 0.119 e. The van der Waals surface area contributed by atoms with Gasteiger partial charge in [0.2, 0.25) is 0 Å². The fourth-order valence-electron chi connectivity index (χ4n) is 2.62. The summed E-state index contributed by atoms with van der Waals surface area (Å²) in [6.07, 6.45) is 1.02. The average molecular weight is 294 g/mol. The molecule has 1 aliphatic rings. The van der Waals surface area contributed by atoms with Crippen LogP contribution in [0, 0.1) is 5.92 Å². The standard InChI is InChI=1S/C17H26O4/c1-12(2)11-20-8-9-21-16-7-4-13-10-14(19-3)5-6-15(13)17(16)18/h5-6,10,12,16-18H,4,7-9,11H2,1-3H3. The minimum absolute atomic E-state index is 0.145. The van der Waals surface area contributed by atoms with Crippen LogP contribution in [-0.4, -0.2) is 38.1 Å². The van der Waals surface area contributed by atoms with Crippen molar-refractivity contribution in [3.63, 3.8) is 0 Å². The van der Waals surface area contributed by atoms with E-state index in [-0.39, 0.29) is 6.10 Å². The molecular formula is C17H26O4. The summed E-state index contributed by atoms with van der Waals surface area (Å²) in [7, 11) is 1.66. The Morgan fingerprint density at radius 1 is 1.29 bits per heavy atom. The SMILES string of the molecule is COc1ccc2c(c1)CCC(OCCOCC(C)C)C2O. The van der Waals surface area contributed by atoms with Gasteiger partial charge in [0.25, 0.3) is 0 Å². The maximum absolute atomic E-state index is 10.4. The lowest BCUT2D eigenvalue weighted by Gasteiger charge is -2.30. The first-order valence-corrected chi connectivity index (χ1v) is 7.66. The number of benzene rings is 1. The van der Waals surface area contributed by atoms with Crippen molar-refractivity contribution in [2.75, 3.05) is 26.9 Å². The molecule has 4 heteroatoms. The predicted octanol–water partition coefficient (Wildman–Crippen LogP) is 2.73. The van der Waals surface area contributed by atoms with Gasteiger partial charge >= 0.3 is 0 Å². The Labute approximate surface area is 127 Å². The Morgan fingerprint density at radius 3 is 2.81 bits per heavy atom. The van der Waals surface area contributed by atoms with E-state index >= 15 is 0 Å². The molecule has 0 heterocycles. The number of ether oxygens (including phenoxy) is 3. The largest absolute Gasteiger partial charge is 0.497 e. The van der Waals surface area contributed by atoms with Crippen molar-refractivity contribution >= 4 is 0 Å². The molecule has 21 heavy (non-hydrogen) atoms. The summed E-state index contributed by atoms with van der Waals surface area (Å²) in [5, 5.41) is 10.4. The van der Waals surface area contributed by atoms with Gasteiger partial charge in [-0.25, -0.2) is 0 Å². The molecule has 2 atom stereocenters. The van der Waals surface area contributed by atoms with Crippen molar-refractivity contribution in [2.45, 2.75) is 38.9 Å². The minimum atomic E-state index is -0.565. The number of methoxy groups -OCH3 is 1. The predicted molar refractivity (Wildman–Crippen MR) is 81.7 cm³/mol. The molecule has 118 valence electrons. The second-order valence-electron chi connectivity index (χ2n) is 5.93. The Kier molecular flexibility index (Phi) is 6.03. The third-order valence-electron chi connectivity index (χ3n) is 3.73. The van der Waals surface area contributed by atoms with Gasteiger partial charge in [-0.1, -0.05) is 19.9 Å². The van der Waals surface area contributed by atoms with E-state index in [1.165, 1.54) is 0 Å². The van der Waals surface area contributed by atoms with Crippen LogP contribution < -0.4 is 4.74 Å². The van der Waals surface area contributed by atoms with Crippen molar-refractivity contribution in [1.29, 1.82) is 0 Å². The van der Waals surface area contributed by atoms with Crippen molar-refractivity contribution < 1.29 is 19.3 Å². The van der Waals surface area contributed by atoms with Crippen molar-refractivity contribution in [2.24, 2.45) is 5.92 Å². The number of aryl methyl sites for hydroxylation is 1. The molecule has 0 radical (unpaired) electrons. The van der Waals surface area contributed by atoms with Crippen LogP contribution in [0.5, 0.6) is 5.75 Å². The van der Waals surface area contributed by atoms with Gasteiger partial charge in [-0.3, -0.25) is 0 Å². The topological polar surface area (TPSA) is 47.9 Å². The Hall–Kier alpha value is -1.10. The first-order valence-electron chi connectivity index (χ1n) is 7.66. The second kappa shape index (κ2) is 7.78. The normalized spacial score (nSPS) is 21.4. The average Bonchev–Trinajstić information content (AvgIpc) is 2.48. The van der Waals surface area contributed by atoms with Crippen LogP contribution in [0.25, 0.3) is 0 Å². The molecule has 0 aliphatic heterocycles. The van der Waals surface area contributed by atoms with Crippen LogP contribution in [-0.2, 0) is 15.9 Å². The number of fused-ring (bicyclic) bond motifs is 1. The molecule has 0 saturated heterocycles. The molecular weight excluding hydrogens is 268 g/mol. The summed E-state index contributed by atoms with van der Waals surface area (Å²) in [5.41, 5.74) is 2.10. The zero-order valence-corrected chi connectivity index (χ0v) is 13.2. The van der Waals surface area contributed by atoms with Gasteiger partial charge in [0.15, 0.2) is 0 Å². The lowest BCUT2D eigenvalue weighted by atomic mass is 9.87. The molecule has 4 nitrogen and oxygen atoms in total. The first kappa shape index (κ1) is 16.3. The highest BCUT2D eigenvalue weighted by molar-refractivity contribution is 5.39. The molecule has 2 unspecified atom stereocenters. The van der Waals surface area contributed by atoms with Crippen molar-refractivity contribution in [1.82, 2.24) is 0 Å². The molecule has 1 aromatic carbocycles. The van der Waals surface area contributed by atoms with Gasteiger partial charge < -0.3 is 19.3 Å². The molecule has 0 aromatic heterocycles. The van der Waals surface area contributed by atoms with Crippen molar-refractivity contribution in [3.05, 3.63) is 29.3 Å². The van der Waals surface area contributed by atoms with Gasteiger partial charge in [0.05, 0.1) is 26.4 Å². The Balaban J connectivity index is 1.84. The Bertz CT molecular complexity index is 444. The quantitative estimate of drug-likeness (QED) is 0.786. The van der Waals surface area contributed by atoms with E-state index in [9.17, 15) is 5.11 Å². The van der Waals surface area contributed by atoms with E-state index in [1.54, 1.807) is 7.11 Å². The minimum Gasteiger partial charge on any atom is -0.497 e. The third-order valence-corrected chi connectivity index (χ3v) is 3.73. The summed E-state index contributed by atoms with van der Waals surface area (Å²) in [6, 6.07) is 5.82. The maximum Gasteiger partial charge on any atom is 0.119 e. The van der Waals surface area contributed by atoms with E-state index in [4.69, 9.17) is 14.2 Å². The fraction of sp³-hybridized carbons (Fsp3) is 0.647. The number of hydrogen-bond donors (Lipinski definition) is 1. The molecule has 0 amide bonds. The number of hydrogen-bond acceptors (Lipinski definition) is 4. The molecule has 2 rings (SSSR count). The lowest BCUT2D eigenvalue weighted by molar-refractivity contribution is -0.0668. The zero-order chi connectivity index (χ0) is 15.2. The van der Waals surface area contributed by atoms with Gasteiger partial charge in [0, 0.05) is 6.61 Å². The van der Waals surface area contributed by atoms with Crippen LogP contribution in [0.3, 0.4) is 0 Å². The van der Waals surface area contributed by atoms with E-state index in [2.05, 4.69) is 13.8 Å². The molecule has 1 aromatic rings. The second-order valence-corrected chi connectivity index (χ2v) is 5.93. The van der Waals surface area contributed by atoms with Crippen LogP contribution in [0.15, 0.2) is 18.2 Å². The summed E-state index contributed by atoms with van der Waals surface area (Å²) in [5.74, 6) is 1.37. The summed E-state index contributed by atoms with van der Waals surface area (Å²) in [4.78, 5) is 0. The van der Waals surface area contributed by atoms with Gasteiger partial charge in [-0.2, -0.15) is 0 Å². The van der Waals surface area contributed by atoms with Gasteiger partial charge in [-0.15, -0.1) is 0 Å². The number of aliphatic hydroxyl groups is 1. The summed E-state index contributed by atoms with van der Waals surface area (Å²) < 4.78 is 16.5. The van der Waals surface area contributed by atoms with Crippen LogP contribution >= 0.6 is 0 Å². The number of aliphatic hydroxyl groups excluding tert-OH is 1. The van der Waals surface area contributed by atoms with E-state index in [0.29, 0.717) is 19.1 Å². The van der Waals surface area contributed by atoms with E-state index < -0.39 is 6.10 Å². The van der Waals surface area contributed by atoms with Crippen molar-refractivity contribution in [3.8, 4) is 5.75 Å². The van der Waals surface area contributed by atoms with Crippen LogP contribution in [0.4, 0.5) is 0 Å². The molecule has 1 aliphatic carbocycles. The molecule has 1 N–H and O–H groups in total. The molecule has 0 bridgehead atoms. The highest BCUT2D eigenvalue weighted by Gasteiger charge is 2.28. The fourth-order valence-corrected chi connectivity index (χ4v) is 2.62.